The molecule has 2 rings (SSSR count). The second kappa shape index (κ2) is 2.70. The number of hydrogen-bond acceptors (Lipinski definition) is 2. The summed E-state index contributed by atoms with van der Waals surface area (Å²) in [7, 11) is 0. The van der Waals surface area contributed by atoms with Crippen molar-refractivity contribution in [1.29, 1.82) is 0 Å². The first-order valence-electron chi connectivity index (χ1n) is 3.66. The molecular weight excluding hydrogens is 154 g/mol. The molecule has 1 aliphatic rings. The zero-order chi connectivity index (χ0) is 7.68. The third-order valence-corrected chi connectivity index (χ3v) is 2.28. The molecule has 1 nitrogen and oxygen atoms in total. The highest BCUT2D eigenvalue weighted by molar-refractivity contribution is 7.80. The van der Waals surface area contributed by atoms with E-state index in [9.17, 15) is 0 Å². The zero-order valence-electron chi connectivity index (χ0n) is 6.07. The normalized spacial score (nSPS) is 21.4. The molecule has 0 N–H and O–H groups in total. The average molecular weight is 163 g/mol. The van der Waals surface area contributed by atoms with Gasteiger partial charge in [-0.3, -0.25) is 4.98 Å². The zero-order valence-corrected chi connectivity index (χ0v) is 6.96. The SMILES string of the molecule is SC1C=CCc2cccnc21. The van der Waals surface area contributed by atoms with Crippen LogP contribution in [0.15, 0.2) is 30.5 Å². The minimum absolute atomic E-state index is 0.194. The molecule has 0 saturated heterocycles. The molecule has 1 unspecified atom stereocenters. The molecule has 0 spiro atoms. The maximum atomic E-state index is 4.39. The molecule has 0 fully saturated rings. The van der Waals surface area contributed by atoms with Gasteiger partial charge in [0.2, 0.25) is 0 Å². The summed E-state index contributed by atoms with van der Waals surface area (Å²) in [5.41, 5.74) is 2.41. The summed E-state index contributed by atoms with van der Waals surface area (Å²) in [4.78, 5) is 4.27. The maximum Gasteiger partial charge on any atom is 0.0622 e. The van der Waals surface area contributed by atoms with Crippen molar-refractivity contribution in [3.63, 3.8) is 0 Å². The van der Waals surface area contributed by atoms with Gasteiger partial charge in [0.05, 0.1) is 10.9 Å². The number of pyridine rings is 1. The quantitative estimate of drug-likeness (QED) is 0.457. The molecule has 0 aliphatic heterocycles. The molecule has 0 saturated carbocycles. The van der Waals surface area contributed by atoms with E-state index in [1.807, 2.05) is 12.3 Å². The van der Waals surface area contributed by atoms with Gasteiger partial charge in [-0.25, -0.2) is 0 Å². The van der Waals surface area contributed by atoms with Gasteiger partial charge in [-0.15, -0.1) is 0 Å². The number of rotatable bonds is 0. The van der Waals surface area contributed by atoms with Crippen molar-refractivity contribution in [2.45, 2.75) is 11.7 Å². The monoisotopic (exact) mass is 163 g/mol. The highest BCUT2D eigenvalue weighted by atomic mass is 32.1. The van der Waals surface area contributed by atoms with Crippen LogP contribution < -0.4 is 0 Å². The minimum atomic E-state index is 0.194. The summed E-state index contributed by atoms with van der Waals surface area (Å²) < 4.78 is 0. The molecule has 2 heteroatoms. The number of hydrogen-bond donors (Lipinski definition) is 1. The van der Waals surface area contributed by atoms with Crippen LogP contribution in [0.3, 0.4) is 0 Å². The fourth-order valence-electron chi connectivity index (χ4n) is 1.30. The van der Waals surface area contributed by atoms with E-state index >= 15 is 0 Å². The Morgan fingerprint density at radius 2 is 2.45 bits per heavy atom. The van der Waals surface area contributed by atoms with Crippen LogP contribution in [0.25, 0.3) is 0 Å². The summed E-state index contributed by atoms with van der Waals surface area (Å²) in [6.07, 6.45) is 7.04. The van der Waals surface area contributed by atoms with Crippen molar-refractivity contribution in [3.05, 3.63) is 41.7 Å². The predicted molar refractivity (Wildman–Crippen MR) is 48.8 cm³/mol. The lowest BCUT2D eigenvalue weighted by Crippen LogP contribution is -2.01. The number of allylic oxidation sites excluding steroid dienone is 1. The van der Waals surface area contributed by atoms with Crippen LogP contribution >= 0.6 is 12.6 Å². The largest absolute Gasteiger partial charge is 0.259 e. The van der Waals surface area contributed by atoms with Gasteiger partial charge in [-0.05, 0) is 18.1 Å². The van der Waals surface area contributed by atoms with Crippen LogP contribution in [0.4, 0.5) is 0 Å². The molecule has 1 aromatic rings. The number of fused-ring (bicyclic) bond motifs is 1. The molecule has 1 aromatic heterocycles. The Labute approximate surface area is 71.6 Å². The Balaban J connectivity index is 2.50. The minimum Gasteiger partial charge on any atom is -0.259 e. The molecular formula is C9H9NS. The van der Waals surface area contributed by atoms with Gasteiger partial charge in [0.25, 0.3) is 0 Å². The molecule has 11 heavy (non-hydrogen) atoms. The van der Waals surface area contributed by atoms with Gasteiger partial charge in [0.15, 0.2) is 0 Å². The van der Waals surface area contributed by atoms with Crippen molar-refractivity contribution in [2.75, 3.05) is 0 Å². The topological polar surface area (TPSA) is 12.9 Å². The van der Waals surface area contributed by atoms with Gasteiger partial charge < -0.3 is 0 Å². The molecule has 0 aromatic carbocycles. The highest BCUT2D eigenvalue weighted by Gasteiger charge is 2.11. The fraction of sp³-hybridized carbons (Fsp3) is 0.222. The summed E-state index contributed by atoms with van der Waals surface area (Å²) >= 11 is 4.39. The van der Waals surface area contributed by atoms with E-state index in [1.54, 1.807) is 0 Å². The number of aromatic nitrogens is 1. The molecule has 1 aliphatic carbocycles. The Bertz CT molecular complexity index is 293. The van der Waals surface area contributed by atoms with E-state index in [1.165, 1.54) is 5.56 Å². The van der Waals surface area contributed by atoms with Crippen LogP contribution in [0.5, 0.6) is 0 Å². The summed E-state index contributed by atoms with van der Waals surface area (Å²) in [5, 5.41) is 0.194. The maximum absolute atomic E-state index is 4.39. The number of thiol groups is 1. The molecule has 1 atom stereocenters. The van der Waals surface area contributed by atoms with Crippen LogP contribution in [-0.2, 0) is 6.42 Å². The van der Waals surface area contributed by atoms with Crippen molar-refractivity contribution in [1.82, 2.24) is 4.98 Å². The summed E-state index contributed by atoms with van der Waals surface area (Å²) in [6, 6.07) is 4.08. The standard InChI is InChI=1S/C9H9NS/c11-8-5-1-3-7-4-2-6-10-9(7)8/h1-2,4-6,8,11H,3H2. The molecule has 0 amide bonds. The van der Waals surface area contributed by atoms with Crippen LogP contribution in [-0.4, -0.2) is 4.98 Å². The first-order chi connectivity index (χ1) is 5.38. The molecule has 1 heterocycles. The fourth-order valence-corrected chi connectivity index (χ4v) is 1.66. The van der Waals surface area contributed by atoms with E-state index in [-0.39, 0.29) is 5.25 Å². The Hall–Kier alpha value is -0.760. The molecule has 0 radical (unpaired) electrons. The third-order valence-electron chi connectivity index (χ3n) is 1.86. The van der Waals surface area contributed by atoms with E-state index < -0.39 is 0 Å². The van der Waals surface area contributed by atoms with Crippen molar-refractivity contribution in [3.8, 4) is 0 Å². The van der Waals surface area contributed by atoms with Crippen molar-refractivity contribution in [2.24, 2.45) is 0 Å². The predicted octanol–water partition coefficient (Wildman–Crippen LogP) is 2.16. The Kier molecular flexibility index (Phi) is 1.70. The molecule has 56 valence electrons. The average Bonchev–Trinajstić information content (AvgIpc) is 2.06. The number of nitrogens with zero attached hydrogens (tertiary/aromatic N) is 1. The molecule has 0 bridgehead atoms. The summed E-state index contributed by atoms with van der Waals surface area (Å²) in [5.74, 6) is 0. The van der Waals surface area contributed by atoms with E-state index in [0.717, 1.165) is 12.1 Å². The Morgan fingerprint density at radius 1 is 1.55 bits per heavy atom. The Morgan fingerprint density at radius 3 is 3.27 bits per heavy atom. The first kappa shape index (κ1) is 6.92. The van der Waals surface area contributed by atoms with Gasteiger partial charge in [0.1, 0.15) is 0 Å². The van der Waals surface area contributed by atoms with Crippen molar-refractivity contribution >= 4 is 12.6 Å². The van der Waals surface area contributed by atoms with E-state index in [4.69, 9.17) is 0 Å². The lowest BCUT2D eigenvalue weighted by Gasteiger charge is -2.13. The van der Waals surface area contributed by atoms with Gasteiger partial charge in [-0.1, -0.05) is 18.2 Å². The van der Waals surface area contributed by atoms with Gasteiger partial charge >= 0.3 is 0 Å². The first-order valence-corrected chi connectivity index (χ1v) is 4.18. The third kappa shape index (κ3) is 1.18. The van der Waals surface area contributed by atoms with E-state index in [0.29, 0.717) is 0 Å². The van der Waals surface area contributed by atoms with Crippen LogP contribution in [0.2, 0.25) is 0 Å². The highest BCUT2D eigenvalue weighted by Crippen LogP contribution is 2.26. The van der Waals surface area contributed by atoms with Crippen LogP contribution in [0, 0.1) is 0 Å². The summed E-state index contributed by atoms with van der Waals surface area (Å²) in [6.45, 7) is 0. The lowest BCUT2D eigenvalue weighted by atomic mass is 10.0. The smallest absolute Gasteiger partial charge is 0.0622 e. The lowest BCUT2D eigenvalue weighted by molar-refractivity contribution is 0.992. The second-order valence-corrected chi connectivity index (χ2v) is 3.18. The second-order valence-electron chi connectivity index (χ2n) is 2.62. The van der Waals surface area contributed by atoms with Crippen molar-refractivity contribution < 1.29 is 0 Å². The van der Waals surface area contributed by atoms with Gasteiger partial charge in [0, 0.05) is 6.20 Å². The van der Waals surface area contributed by atoms with E-state index in [2.05, 4.69) is 35.8 Å². The van der Waals surface area contributed by atoms with Gasteiger partial charge in [-0.2, -0.15) is 12.6 Å². The van der Waals surface area contributed by atoms with Crippen LogP contribution in [0.1, 0.15) is 16.5 Å².